The number of carbonyl (C=O) groups is 1. The summed E-state index contributed by atoms with van der Waals surface area (Å²) in [4.78, 5) is 10.8. The summed E-state index contributed by atoms with van der Waals surface area (Å²) in [5.74, 6) is -0.659. The van der Waals surface area contributed by atoms with Gasteiger partial charge >= 0.3 is 0 Å². The van der Waals surface area contributed by atoms with Crippen molar-refractivity contribution in [2.75, 3.05) is 5.75 Å². The van der Waals surface area contributed by atoms with Crippen molar-refractivity contribution in [3.8, 4) is 0 Å². The van der Waals surface area contributed by atoms with E-state index < -0.39 is 19.8 Å². The molecule has 3 nitrogen and oxygen atoms in total. The van der Waals surface area contributed by atoms with E-state index in [0.29, 0.717) is 0 Å². The van der Waals surface area contributed by atoms with Gasteiger partial charge in [0.15, 0.2) is 19.8 Å². The Hall–Kier alpha value is -0.0900. The van der Waals surface area contributed by atoms with Gasteiger partial charge in [-0.05, 0) is 13.8 Å². The largest absolute Gasteiger partial charge is 0.297 e. The van der Waals surface area contributed by atoms with Gasteiger partial charge in [0.1, 0.15) is 0 Å². The van der Waals surface area contributed by atoms with Crippen LogP contribution in [0.2, 0.25) is 0 Å². The number of rotatable bonds is 3. The van der Waals surface area contributed by atoms with Gasteiger partial charge in [0.05, 0.1) is 0 Å². The Labute approximate surface area is 71.7 Å². The molecule has 11 heavy (non-hydrogen) atoms. The smallest absolute Gasteiger partial charge is 0.200 e. The molecule has 0 heterocycles. The number of Topliss-reactive ketones (excluding diaryl/α,β-unsaturated/α-hetero) is 1. The first kappa shape index (κ1) is 10.9. The number of carbonyl (C=O) groups excluding carboxylic acids is 1. The van der Waals surface area contributed by atoms with Gasteiger partial charge in [0.2, 0.25) is 0 Å². The van der Waals surface area contributed by atoms with Crippen LogP contribution in [0.3, 0.4) is 0 Å². The Bertz CT molecular complexity index is 253. The van der Waals surface area contributed by atoms with E-state index in [2.05, 4.69) is 0 Å². The quantitative estimate of drug-likeness (QED) is 0.635. The average molecular weight is 199 g/mol. The summed E-state index contributed by atoms with van der Waals surface area (Å²) in [5, 5.41) is 0. The normalized spacial score (nSPS) is 17.5. The first-order chi connectivity index (χ1) is 4.75. The van der Waals surface area contributed by atoms with Crippen LogP contribution in [-0.2, 0) is 14.6 Å². The molecule has 0 saturated heterocycles. The Balaban J connectivity index is 5.01. The SMILES string of the molecule is CCS(=O)(=O)[C@@](C)(Cl)C(C)=O. The van der Waals surface area contributed by atoms with Crippen LogP contribution in [0.4, 0.5) is 0 Å². The first-order valence-corrected chi connectivity index (χ1v) is 5.21. The van der Waals surface area contributed by atoms with E-state index >= 15 is 0 Å². The Morgan fingerprint density at radius 3 is 2.00 bits per heavy atom. The third-order valence-corrected chi connectivity index (χ3v) is 4.78. The third kappa shape index (κ3) is 1.93. The maximum atomic E-state index is 11.1. The molecule has 66 valence electrons. The van der Waals surface area contributed by atoms with E-state index in [9.17, 15) is 13.2 Å². The van der Waals surface area contributed by atoms with E-state index in [1.165, 1.54) is 20.8 Å². The summed E-state index contributed by atoms with van der Waals surface area (Å²) in [6.07, 6.45) is 0. The van der Waals surface area contributed by atoms with Crippen LogP contribution in [0.5, 0.6) is 0 Å². The molecule has 0 N–H and O–H groups in total. The summed E-state index contributed by atoms with van der Waals surface area (Å²) in [6, 6.07) is 0. The van der Waals surface area contributed by atoms with Crippen LogP contribution in [0.1, 0.15) is 20.8 Å². The predicted octanol–water partition coefficient (Wildman–Crippen LogP) is 0.965. The fourth-order valence-corrected chi connectivity index (χ4v) is 1.80. The van der Waals surface area contributed by atoms with Crippen LogP contribution in [-0.4, -0.2) is 24.2 Å². The minimum absolute atomic E-state index is 0.118. The molecule has 0 saturated carbocycles. The van der Waals surface area contributed by atoms with Crippen molar-refractivity contribution in [2.45, 2.75) is 25.0 Å². The summed E-state index contributed by atoms with van der Waals surface area (Å²) in [7, 11) is -3.48. The molecule has 0 aromatic rings. The lowest BCUT2D eigenvalue weighted by Crippen LogP contribution is -2.37. The number of halogens is 1. The lowest BCUT2D eigenvalue weighted by Gasteiger charge is -2.17. The zero-order chi connectivity index (χ0) is 9.28. The van der Waals surface area contributed by atoms with Crippen molar-refractivity contribution in [3.05, 3.63) is 0 Å². The molecule has 0 amide bonds. The minimum Gasteiger partial charge on any atom is -0.297 e. The first-order valence-electron chi connectivity index (χ1n) is 3.18. The molecule has 5 heteroatoms. The zero-order valence-corrected chi connectivity index (χ0v) is 8.29. The van der Waals surface area contributed by atoms with Crippen LogP contribution in [0.15, 0.2) is 0 Å². The highest BCUT2D eigenvalue weighted by Gasteiger charge is 2.40. The highest BCUT2D eigenvalue weighted by atomic mass is 35.5. The van der Waals surface area contributed by atoms with Gasteiger partial charge in [0, 0.05) is 5.75 Å². The minimum atomic E-state index is -3.48. The number of hydrogen-bond acceptors (Lipinski definition) is 3. The number of sulfone groups is 1. The van der Waals surface area contributed by atoms with E-state index in [0.717, 1.165) is 0 Å². The summed E-state index contributed by atoms with van der Waals surface area (Å²) in [6.45, 7) is 3.83. The average Bonchev–Trinajstić information content (AvgIpc) is 1.87. The van der Waals surface area contributed by atoms with Crippen LogP contribution in [0, 0.1) is 0 Å². The molecule has 0 aromatic carbocycles. The topological polar surface area (TPSA) is 51.2 Å². The second-order valence-electron chi connectivity index (χ2n) is 2.38. The van der Waals surface area contributed by atoms with E-state index in [4.69, 9.17) is 11.6 Å². The molecule has 1 atom stereocenters. The maximum absolute atomic E-state index is 11.1. The van der Waals surface area contributed by atoms with Crippen LogP contribution < -0.4 is 0 Å². The fourth-order valence-electron chi connectivity index (χ4n) is 0.490. The molecule has 0 aromatic heterocycles. The second-order valence-corrected chi connectivity index (χ2v) is 5.98. The maximum Gasteiger partial charge on any atom is 0.200 e. The van der Waals surface area contributed by atoms with Gasteiger partial charge in [0.25, 0.3) is 0 Å². The summed E-state index contributed by atoms with van der Waals surface area (Å²) < 4.78 is 20.5. The zero-order valence-electron chi connectivity index (χ0n) is 6.72. The van der Waals surface area contributed by atoms with E-state index in [1.807, 2.05) is 0 Å². The molecule has 0 fully saturated rings. The van der Waals surface area contributed by atoms with E-state index in [-0.39, 0.29) is 5.75 Å². The monoisotopic (exact) mass is 198 g/mol. The van der Waals surface area contributed by atoms with Crippen molar-refractivity contribution in [3.63, 3.8) is 0 Å². The summed E-state index contributed by atoms with van der Waals surface area (Å²) >= 11 is 5.53. The van der Waals surface area contributed by atoms with Gasteiger partial charge in [-0.3, -0.25) is 4.79 Å². The molecule has 0 radical (unpaired) electrons. The molecule has 0 rings (SSSR count). The molecule has 0 aliphatic heterocycles. The van der Waals surface area contributed by atoms with Crippen molar-refractivity contribution in [1.82, 2.24) is 0 Å². The lowest BCUT2D eigenvalue weighted by molar-refractivity contribution is -0.117. The van der Waals surface area contributed by atoms with Gasteiger partial charge in [-0.1, -0.05) is 18.5 Å². The molecule has 0 aliphatic rings. The van der Waals surface area contributed by atoms with Gasteiger partial charge in [-0.2, -0.15) is 0 Å². The second kappa shape index (κ2) is 3.11. The molecule has 0 unspecified atom stereocenters. The molecule has 0 bridgehead atoms. The van der Waals surface area contributed by atoms with Gasteiger partial charge < -0.3 is 0 Å². The highest BCUT2D eigenvalue weighted by Crippen LogP contribution is 2.23. The van der Waals surface area contributed by atoms with E-state index in [1.54, 1.807) is 0 Å². The Morgan fingerprint density at radius 1 is 1.55 bits per heavy atom. The van der Waals surface area contributed by atoms with Crippen molar-refractivity contribution in [2.24, 2.45) is 0 Å². The van der Waals surface area contributed by atoms with Crippen LogP contribution >= 0.6 is 11.6 Å². The highest BCUT2D eigenvalue weighted by molar-refractivity contribution is 7.94. The fraction of sp³-hybridized carbons (Fsp3) is 0.833. The number of alkyl halides is 1. The third-order valence-electron chi connectivity index (χ3n) is 1.59. The molecule has 0 aliphatic carbocycles. The van der Waals surface area contributed by atoms with Crippen LogP contribution in [0.25, 0.3) is 0 Å². The standard InChI is InChI=1S/C6H11ClO3S/c1-4-11(9,10)6(3,7)5(2)8/h4H2,1-3H3/t6-/m1/s1. The predicted molar refractivity (Wildman–Crippen MR) is 44.4 cm³/mol. The number of hydrogen-bond donors (Lipinski definition) is 0. The molecule has 0 spiro atoms. The Morgan fingerprint density at radius 2 is 1.91 bits per heavy atom. The number of ketones is 1. The van der Waals surface area contributed by atoms with Crippen molar-refractivity contribution in [1.29, 1.82) is 0 Å². The molecular formula is C6H11ClO3S. The van der Waals surface area contributed by atoms with Crippen molar-refractivity contribution >= 4 is 27.2 Å². The van der Waals surface area contributed by atoms with Crippen molar-refractivity contribution < 1.29 is 13.2 Å². The summed E-state index contributed by atoms with van der Waals surface area (Å²) in [5.41, 5.74) is 0. The lowest BCUT2D eigenvalue weighted by atomic mass is 10.3. The van der Waals surface area contributed by atoms with Gasteiger partial charge in [-0.15, -0.1) is 0 Å². The molecular weight excluding hydrogens is 188 g/mol. The Kier molecular flexibility index (Phi) is 3.08. The van der Waals surface area contributed by atoms with Gasteiger partial charge in [-0.25, -0.2) is 8.42 Å².